The van der Waals surface area contributed by atoms with Gasteiger partial charge in [0.2, 0.25) is 0 Å². The third-order valence-corrected chi connectivity index (χ3v) is 5.41. The third-order valence-electron chi connectivity index (χ3n) is 5.41. The van der Waals surface area contributed by atoms with Crippen LogP contribution < -0.4 is 5.73 Å². The zero-order valence-corrected chi connectivity index (χ0v) is 13.7. The Morgan fingerprint density at radius 1 is 1.22 bits per heavy atom. The highest BCUT2D eigenvalue weighted by Crippen LogP contribution is 2.56. The first-order chi connectivity index (χ1) is 10.8. The van der Waals surface area contributed by atoms with Gasteiger partial charge in [-0.15, -0.1) is 10.1 Å². The van der Waals surface area contributed by atoms with Crippen LogP contribution in [0.15, 0.2) is 42.0 Å². The Morgan fingerprint density at radius 3 is 2.52 bits per heavy atom. The maximum atomic E-state index is 10.9. The van der Waals surface area contributed by atoms with E-state index in [9.17, 15) is 10.1 Å². The van der Waals surface area contributed by atoms with Crippen LogP contribution in [0, 0.1) is 15.5 Å². The molecule has 0 radical (unpaired) electrons. The van der Waals surface area contributed by atoms with E-state index in [1.54, 1.807) is 6.92 Å². The predicted molar refractivity (Wildman–Crippen MR) is 88.3 cm³/mol. The summed E-state index contributed by atoms with van der Waals surface area (Å²) in [6, 6.07) is 10.5. The molecule has 3 rings (SSSR count). The zero-order valence-electron chi connectivity index (χ0n) is 13.7. The topological polar surface area (TPSA) is 78.4 Å². The molecule has 2 bridgehead atoms. The van der Waals surface area contributed by atoms with Gasteiger partial charge < -0.3 is 10.6 Å². The molecular weight excluding hydrogens is 292 g/mol. The number of nitrogens with zero attached hydrogens (tertiary/aromatic N) is 1. The summed E-state index contributed by atoms with van der Waals surface area (Å²) in [5.41, 5.74) is 7.68. The lowest BCUT2D eigenvalue weighted by Crippen LogP contribution is -2.51. The normalized spacial score (nSPS) is 36.2. The van der Waals surface area contributed by atoms with E-state index < -0.39 is 10.7 Å². The zero-order chi connectivity index (χ0) is 16.7. The van der Waals surface area contributed by atoms with Gasteiger partial charge in [0, 0.05) is 0 Å². The van der Waals surface area contributed by atoms with Crippen molar-refractivity contribution >= 4 is 0 Å². The standard InChI is InChI=1S/C18H24N2O3/c1-16(15-6-4-3-5-7-15)8-14-9-17(2,23-20(21)22)12-18(10-14,11-16)13-19/h3-7,9H,8,10-13,19H2,1-2H3. The number of hydrogen-bond donors (Lipinski definition) is 1. The molecule has 2 N–H and O–H groups in total. The number of rotatable bonds is 4. The summed E-state index contributed by atoms with van der Waals surface area (Å²) < 4.78 is 0. The molecular formula is C18H24N2O3. The summed E-state index contributed by atoms with van der Waals surface area (Å²) in [6.07, 6.45) is 5.29. The Kier molecular flexibility index (Phi) is 3.71. The summed E-state index contributed by atoms with van der Waals surface area (Å²) in [5.74, 6) is 0. The van der Waals surface area contributed by atoms with Crippen LogP contribution in [-0.4, -0.2) is 17.2 Å². The molecule has 0 aromatic heterocycles. The van der Waals surface area contributed by atoms with E-state index >= 15 is 0 Å². The van der Waals surface area contributed by atoms with Crippen LogP contribution in [0.1, 0.15) is 45.1 Å². The highest BCUT2D eigenvalue weighted by atomic mass is 17.0. The lowest BCUT2D eigenvalue weighted by molar-refractivity contribution is -0.777. The van der Waals surface area contributed by atoms with Crippen LogP contribution >= 0.6 is 0 Å². The molecule has 5 nitrogen and oxygen atoms in total. The van der Waals surface area contributed by atoms with E-state index in [2.05, 4.69) is 31.2 Å². The van der Waals surface area contributed by atoms with E-state index in [4.69, 9.17) is 10.6 Å². The van der Waals surface area contributed by atoms with E-state index in [-0.39, 0.29) is 10.8 Å². The Labute approximate surface area is 136 Å². The minimum absolute atomic E-state index is 0.0145. The Hall–Kier alpha value is -1.88. The summed E-state index contributed by atoms with van der Waals surface area (Å²) in [7, 11) is 0. The van der Waals surface area contributed by atoms with E-state index in [1.807, 2.05) is 12.1 Å². The van der Waals surface area contributed by atoms with Crippen molar-refractivity contribution in [3.05, 3.63) is 57.7 Å². The van der Waals surface area contributed by atoms with Crippen LogP contribution in [0.3, 0.4) is 0 Å². The van der Waals surface area contributed by atoms with E-state index in [0.29, 0.717) is 13.0 Å². The molecule has 3 atom stereocenters. The molecule has 0 amide bonds. The van der Waals surface area contributed by atoms with Gasteiger partial charge in [-0.25, -0.2) is 0 Å². The Bertz CT molecular complexity index is 645. The van der Waals surface area contributed by atoms with Gasteiger partial charge >= 0.3 is 0 Å². The van der Waals surface area contributed by atoms with Gasteiger partial charge in [-0.3, -0.25) is 0 Å². The average Bonchev–Trinajstić information content (AvgIpc) is 2.45. The Balaban J connectivity index is 1.99. The summed E-state index contributed by atoms with van der Waals surface area (Å²) in [4.78, 5) is 15.9. The van der Waals surface area contributed by atoms with Gasteiger partial charge in [-0.1, -0.05) is 48.9 Å². The minimum atomic E-state index is -0.867. The van der Waals surface area contributed by atoms with Gasteiger partial charge in [-0.05, 0) is 55.5 Å². The van der Waals surface area contributed by atoms with Gasteiger partial charge in [0.05, 0.1) is 0 Å². The second kappa shape index (κ2) is 5.34. The van der Waals surface area contributed by atoms with Crippen molar-refractivity contribution in [1.29, 1.82) is 0 Å². The molecule has 2 aliphatic rings. The molecule has 0 aliphatic heterocycles. The van der Waals surface area contributed by atoms with Gasteiger partial charge in [-0.2, -0.15) is 0 Å². The minimum Gasteiger partial charge on any atom is -0.330 e. The molecule has 0 heterocycles. The van der Waals surface area contributed by atoms with Gasteiger partial charge in [0.25, 0.3) is 5.09 Å². The van der Waals surface area contributed by atoms with Crippen LogP contribution in [-0.2, 0) is 10.3 Å². The second-order valence-electron chi connectivity index (χ2n) is 7.77. The lowest BCUT2D eigenvalue weighted by Gasteiger charge is -2.53. The Morgan fingerprint density at radius 2 is 1.91 bits per heavy atom. The van der Waals surface area contributed by atoms with Crippen molar-refractivity contribution in [1.82, 2.24) is 0 Å². The molecule has 0 saturated heterocycles. The fraction of sp³-hybridized carbons (Fsp3) is 0.556. The molecule has 1 fully saturated rings. The van der Waals surface area contributed by atoms with Gasteiger partial charge in [0.15, 0.2) is 0 Å². The molecule has 0 spiro atoms. The number of benzene rings is 1. The molecule has 1 aromatic rings. The number of nitrogens with two attached hydrogens (primary N) is 1. The quantitative estimate of drug-likeness (QED) is 0.525. The fourth-order valence-electron chi connectivity index (χ4n) is 4.94. The van der Waals surface area contributed by atoms with E-state index in [0.717, 1.165) is 19.3 Å². The number of allylic oxidation sites excluding steroid dienone is 1. The maximum Gasteiger partial charge on any atom is 0.295 e. The summed E-state index contributed by atoms with van der Waals surface area (Å²) in [5, 5.41) is 10.2. The van der Waals surface area contributed by atoms with Crippen molar-refractivity contribution in [2.45, 2.75) is 50.5 Å². The smallest absolute Gasteiger partial charge is 0.295 e. The summed E-state index contributed by atoms with van der Waals surface area (Å²) in [6.45, 7) is 4.59. The average molecular weight is 316 g/mol. The van der Waals surface area contributed by atoms with Crippen LogP contribution in [0.5, 0.6) is 0 Å². The van der Waals surface area contributed by atoms with Crippen molar-refractivity contribution in [3.63, 3.8) is 0 Å². The van der Waals surface area contributed by atoms with Crippen LogP contribution in [0.25, 0.3) is 0 Å². The lowest BCUT2D eigenvalue weighted by atomic mass is 9.53. The first-order valence-electron chi connectivity index (χ1n) is 8.08. The molecule has 1 saturated carbocycles. The molecule has 3 unspecified atom stereocenters. The SMILES string of the molecule is CC1(O[N+](=O)[O-])C=C2CC(CN)(C1)CC(C)(c1ccccc1)C2. The number of hydrogen-bond acceptors (Lipinski definition) is 4. The maximum absolute atomic E-state index is 10.9. The number of fused-ring (bicyclic) bond motifs is 2. The third kappa shape index (κ3) is 2.98. The molecule has 124 valence electrons. The van der Waals surface area contributed by atoms with Crippen molar-refractivity contribution < 1.29 is 9.92 Å². The molecule has 2 aliphatic carbocycles. The van der Waals surface area contributed by atoms with Crippen molar-refractivity contribution in [2.75, 3.05) is 6.54 Å². The first kappa shape index (κ1) is 16.0. The van der Waals surface area contributed by atoms with Crippen molar-refractivity contribution in [2.24, 2.45) is 11.1 Å². The molecule has 1 aromatic carbocycles. The van der Waals surface area contributed by atoms with E-state index in [1.165, 1.54) is 11.1 Å². The molecule has 23 heavy (non-hydrogen) atoms. The predicted octanol–water partition coefficient (Wildman–Crippen LogP) is 3.37. The molecule has 5 heteroatoms. The second-order valence-corrected chi connectivity index (χ2v) is 7.77. The monoisotopic (exact) mass is 316 g/mol. The van der Waals surface area contributed by atoms with Crippen LogP contribution in [0.4, 0.5) is 0 Å². The largest absolute Gasteiger partial charge is 0.330 e. The highest BCUT2D eigenvalue weighted by molar-refractivity contribution is 5.34. The van der Waals surface area contributed by atoms with Crippen LogP contribution in [0.2, 0.25) is 0 Å². The first-order valence-corrected chi connectivity index (χ1v) is 8.08. The van der Waals surface area contributed by atoms with Gasteiger partial charge in [0.1, 0.15) is 5.60 Å². The fourth-order valence-corrected chi connectivity index (χ4v) is 4.94. The highest BCUT2D eigenvalue weighted by Gasteiger charge is 2.51. The van der Waals surface area contributed by atoms with Crippen molar-refractivity contribution in [3.8, 4) is 0 Å². The summed E-state index contributed by atoms with van der Waals surface area (Å²) >= 11 is 0.